The molecule has 0 aliphatic carbocycles. The molecule has 2 radical (unpaired) electrons. The largest absolute Gasteiger partial charge is 0.370 e. The Morgan fingerprint density at radius 1 is 0.950 bits per heavy atom. The second kappa shape index (κ2) is 4.76. The van der Waals surface area contributed by atoms with Crippen molar-refractivity contribution in [2.24, 2.45) is 0 Å². The van der Waals surface area contributed by atoms with Gasteiger partial charge in [0.25, 0.3) is 0 Å². The second-order valence-corrected chi connectivity index (χ2v) is 5.66. The fourth-order valence-electron chi connectivity index (χ4n) is 2.50. The Kier molecular flexibility index (Phi) is 3.06. The van der Waals surface area contributed by atoms with Crippen molar-refractivity contribution >= 4 is 13.5 Å². The Bertz CT molecular complexity index is 701. The van der Waals surface area contributed by atoms with E-state index in [1.807, 2.05) is 32.0 Å². The quantitative estimate of drug-likeness (QED) is 0.559. The molecule has 3 rings (SSSR count). The lowest BCUT2D eigenvalue weighted by molar-refractivity contribution is 0.617. The average molecular weight is 257 g/mol. The van der Waals surface area contributed by atoms with Crippen molar-refractivity contribution in [3.05, 3.63) is 65.2 Å². The van der Waals surface area contributed by atoms with Crippen molar-refractivity contribution in [1.82, 2.24) is 0 Å². The minimum Gasteiger partial charge on any atom is -0.370 e. The molecule has 2 aromatic rings. The van der Waals surface area contributed by atoms with E-state index >= 15 is 0 Å². The maximum Gasteiger partial charge on any atom is 0.103 e. The van der Waals surface area contributed by atoms with E-state index in [1.165, 1.54) is 5.56 Å². The molecule has 0 atom stereocenters. The lowest BCUT2D eigenvalue weighted by Gasteiger charge is -2.40. The van der Waals surface area contributed by atoms with Crippen LogP contribution >= 0.6 is 0 Å². The zero-order valence-corrected chi connectivity index (χ0v) is 11.9. The molecule has 2 aromatic carbocycles. The fourth-order valence-corrected chi connectivity index (χ4v) is 2.50. The molecule has 0 saturated carbocycles. The zero-order valence-electron chi connectivity index (χ0n) is 11.9. The number of rotatable bonds is 1. The summed E-state index contributed by atoms with van der Waals surface area (Å²) in [6, 6.07) is 16.5. The zero-order chi connectivity index (χ0) is 14.2. The smallest absolute Gasteiger partial charge is 0.103 e. The Balaban J connectivity index is 2.23. The molecule has 0 spiro atoms. The fraction of sp³-hybridized carbons (Fsp3) is 0.222. The van der Waals surface area contributed by atoms with Crippen molar-refractivity contribution in [2.45, 2.75) is 25.8 Å². The first-order valence-electron chi connectivity index (χ1n) is 6.81. The molecule has 1 nitrogen and oxygen atoms in total. The van der Waals surface area contributed by atoms with Gasteiger partial charge in [0.2, 0.25) is 0 Å². The van der Waals surface area contributed by atoms with E-state index in [2.05, 4.69) is 47.1 Å². The van der Waals surface area contributed by atoms with Crippen LogP contribution in [0.2, 0.25) is 0 Å². The van der Waals surface area contributed by atoms with Gasteiger partial charge in [-0.15, -0.1) is 0 Å². The Hall–Kier alpha value is -2.14. The van der Waals surface area contributed by atoms with Crippen molar-refractivity contribution < 1.29 is 0 Å². The molecular formula is C18H16BN. The van der Waals surface area contributed by atoms with Crippen molar-refractivity contribution in [3.8, 4) is 11.8 Å². The van der Waals surface area contributed by atoms with Gasteiger partial charge in [-0.2, -0.15) is 0 Å². The third kappa shape index (κ3) is 2.32. The van der Waals surface area contributed by atoms with Crippen LogP contribution in [-0.2, 0) is 6.54 Å². The van der Waals surface area contributed by atoms with E-state index in [9.17, 15) is 0 Å². The molecule has 96 valence electrons. The monoisotopic (exact) mass is 257 g/mol. The van der Waals surface area contributed by atoms with Crippen molar-refractivity contribution in [1.29, 1.82) is 0 Å². The summed E-state index contributed by atoms with van der Waals surface area (Å²) in [7, 11) is 6.38. The molecule has 0 bridgehead atoms. The normalized spacial score (nSPS) is 13.4. The summed E-state index contributed by atoms with van der Waals surface area (Å²) in [5.74, 6) is 6.55. The second-order valence-electron chi connectivity index (χ2n) is 5.66. The van der Waals surface area contributed by atoms with Crippen molar-refractivity contribution in [3.63, 3.8) is 0 Å². The molecular weight excluding hydrogens is 241 g/mol. The standard InChI is InChI=1S/C18H16BN/c1-18(2,19)20-13-16-9-4-3-7-14(16)11-12-15-8-5-6-10-17(15)20/h3-10H,13H2,1-2H3. The van der Waals surface area contributed by atoms with Gasteiger partial charge < -0.3 is 4.90 Å². The number of benzene rings is 2. The Morgan fingerprint density at radius 2 is 1.55 bits per heavy atom. The van der Waals surface area contributed by atoms with Crippen LogP contribution in [0.25, 0.3) is 0 Å². The first kappa shape index (κ1) is 12.9. The SMILES string of the molecule is [B]C(C)(C)N1Cc2ccccc2C#Cc2ccccc21. The van der Waals surface area contributed by atoms with Crippen LogP contribution in [-0.4, -0.2) is 13.3 Å². The van der Waals surface area contributed by atoms with Crippen LogP contribution in [0.5, 0.6) is 0 Å². The van der Waals surface area contributed by atoms with Gasteiger partial charge in [-0.25, -0.2) is 0 Å². The number of anilines is 1. The van der Waals surface area contributed by atoms with Gasteiger partial charge in [0, 0.05) is 17.7 Å². The molecule has 1 aliphatic heterocycles. The third-order valence-electron chi connectivity index (χ3n) is 3.57. The Morgan fingerprint density at radius 3 is 2.30 bits per heavy atom. The molecule has 0 fully saturated rings. The molecule has 1 heterocycles. The molecule has 0 saturated heterocycles. The molecule has 1 aliphatic rings. The summed E-state index contributed by atoms with van der Waals surface area (Å²) in [5.41, 5.74) is 3.98. The number of para-hydroxylation sites is 1. The lowest BCUT2D eigenvalue weighted by Crippen LogP contribution is -2.44. The topological polar surface area (TPSA) is 3.24 Å². The number of nitrogens with zero attached hydrogens (tertiary/aromatic N) is 1. The summed E-state index contributed by atoms with van der Waals surface area (Å²) < 4.78 is 0. The van der Waals surface area contributed by atoms with E-state index in [0.29, 0.717) is 0 Å². The third-order valence-corrected chi connectivity index (χ3v) is 3.57. The molecule has 20 heavy (non-hydrogen) atoms. The van der Waals surface area contributed by atoms with Gasteiger partial charge in [0.05, 0.1) is 5.69 Å². The minimum atomic E-state index is -0.442. The van der Waals surface area contributed by atoms with Gasteiger partial charge >= 0.3 is 0 Å². The number of hydrogen-bond acceptors (Lipinski definition) is 1. The summed E-state index contributed by atoms with van der Waals surface area (Å²) in [6.45, 7) is 4.83. The minimum absolute atomic E-state index is 0.442. The molecule has 0 amide bonds. The van der Waals surface area contributed by atoms with Crippen LogP contribution < -0.4 is 4.90 Å². The van der Waals surface area contributed by atoms with Crippen LogP contribution in [0.1, 0.15) is 30.5 Å². The van der Waals surface area contributed by atoms with E-state index in [4.69, 9.17) is 7.85 Å². The summed E-state index contributed by atoms with van der Waals surface area (Å²) >= 11 is 0. The number of hydrogen-bond donors (Lipinski definition) is 0. The van der Waals surface area contributed by atoms with E-state index in [0.717, 1.165) is 23.4 Å². The van der Waals surface area contributed by atoms with E-state index in [-0.39, 0.29) is 0 Å². The van der Waals surface area contributed by atoms with Crippen LogP contribution in [0.3, 0.4) is 0 Å². The van der Waals surface area contributed by atoms with Crippen LogP contribution in [0.4, 0.5) is 5.69 Å². The Labute approximate surface area is 122 Å². The molecule has 2 heteroatoms. The summed E-state index contributed by atoms with van der Waals surface area (Å²) in [6.07, 6.45) is 0. The highest BCUT2D eigenvalue weighted by molar-refractivity contribution is 6.16. The highest BCUT2D eigenvalue weighted by Gasteiger charge is 2.24. The highest BCUT2D eigenvalue weighted by Crippen LogP contribution is 2.29. The van der Waals surface area contributed by atoms with Gasteiger partial charge in [-0.05, 0) is 29.2 Å². The number of fused-ring (bicyclic) bond motifs is 2. The lowest BCUT2D eigenvalue weighted by atomic mass is 9.78. The predicted molar refractivity (Wildman–Crippen MR) is 84.9 cm³/mol. The maximum absolute atomic E-state index is 6.38. The molecule has 0 unspecified atom stereocenters. The van der Waals surface area contributed by atoms with Crippen LogP contribution in [0.15, 0.2) is 48.5 Å². The molecule has 0 N–H and O–H groups in total. The van der Waals surface area contributed by atoms with Crippen LogP contribution in [0, 0.1) is 11.8 Å². The van der Waals surface area contributed by atoms with Gasteiger partial charge in [0.1, 0.15) is 7.85 Å². The summed E-state index contributed by atoms with van der Waals surface area (Å²) in [4.78, 5) is 2.22. The predicted octanol–water partition coefficient (Wildman–Crippen LogP) is 3.31. The van der Waals surface area contributed by atoms with E-state index in [1.54, 1.807) is 0 Å². The van der Waals surface area contributed by atoms with Gasteiger partial charge in [-0.1, -0.05) is 56.0 Å². The first-order chi connectivity index (χ1) is 9.55. The van der Waals surface area contributed by atoms with Gasteiger partial charge in [-0.3, -0.25) is 0 Å². The highest BCUT2D eigenvalue weighted by atomic mass is 15.2. The average Bonchev–Trinajstić information content (AvgIpc) is 2.40. The van der Waals surface area contributed by atoms with Crippen molar-refractivity contribution in [2.75, 3.05) is 4.90 Å². The maximum atomic E-state index is 6.38. The molecule has 0 aromatic heterocycles. The van der Waals surface area contributed by atoms with Gasteiger partial charge in [0.15, 0.2) is 0 Å². The summed E-state index contributed by atoms with van der Waals surface area (Å²) in [5, 5.41) is 0. The van der Waals surface area contributed by atoms with E-state index < -0.39 is 5.44 Å². The first-order valence-corrected chi connectivity index (χ1v) is 6.81.